The van der Waals surface area contributed by atoms with Crippen molar-refractivity contribution in [2.24, 2.45) is 5.92 Å². The van der Waals surface area contributed by atoms with E-state index >= 15 is 0 Å². The molecule has 0 aliphatic carbocycles. The molecule has 0 N–H and O–H groups in total. The van der Waals surface area contributed by atoms with E-state index in [-0.39, 0.29) is 0 Å². The zero-order valence-corrected chi connectivity index (χ0v) is 13.2. The summed E-state index contributed by atoms with van der Waals surface area (Å²) in [5.74, 6) is -9.38. The minimum atomic E-state index is -4.20. The molecule has 1 aromatic heterocycles. The van der Waals surface area contributed by atoms with Crippen LogP contribution < -0.4 is 0 Å². The number of hydrogen-bond donors (Lipinski definition) is 0. The number of carbonyl (C=O) groups excluding carboxylic acids is 1. The SMILES string of the molecule is CCn1ccnc1[C@@H]1OCCC[C@H]1C(=O)N1CC(F)(F)C(F)(F)C1. The van der Waals surface area contributed by atoms with E-state index in [1.807, 2.05) is 6.92 Å². The van der Waals surface area contributed by atoms with Crippen molar-refractivity contribution in [2.45, 2.75) is 44.3 Å². The van der Waals surface area contributed by atoms with Gasteiger partial charge in [0.25, 0.3) is 0 Å². The highest BCUT2D eigenvalue weighted by molar-refractivity contribution is 5.80. The highest BCUT2D eigenvalue weighted by Gasteiger charge is 2.64. The lowest BCUT2D eigenvalue weighted by Crippen LogP contribution is -2.41. The Balaban J connectivity index is 1.83. The Bertz CT molecular complexity index is 604. The number of halogens is 4. The van der Waals surface area contributed by atoms with Crippen molar-refractivity contribution < 1.29 is 27.1 Å². The van der Waals surface area contributed by atoms with Crippen LogP contribution in [-0.4, -0.2) is 51.9 Å². The number of rotatable bonds is 3. The molecule has 0 radical (unpaired) electrons. The summed E-state index contributed by atoms with van der Waals surface area (Å²) in [6.45, 7) is 0.397. The van der Waals surface area contributed by atoms with E-state index < -0.39 is 42.9 Å². The second-order valence-corrected chi connectivity index (χ2v) is 6.21. The first-order valence-corrected chi connectivity index (χ1v) is 7.94. The Morgan fingerprint density at radius 1 is 1.33 bits per heavy atom. The van der Waals surface area contributed by atoms with E-state index in [1.54, 1.807) is 17.0 Å². The molecular formula is C15H19F4N3O2. The molecule has 2 saturated heterocycles. The van der Waals surface area contributed by atoms with Gasteiger partial charge in [-0.05, 0) is 19.8 Å². The van der Waals surface area contributed by atoms with Crippen molar-refractivity contribution in [1.29, 1.82) is 0 Å². The van der Waals surface area contributed by atoms with Crippen LogP contribution in [0.4, 0.5) is 17.6 Å². The summed E-state index contributed by atoms with van der Waals surface area (Å²) in [5, 5.41) is 0. The number of ether oxygens (including phenoxy) is 1. The van der Waals surface area contributed by atoms with Crippen LogP contribution >= 0.6 is 0 Å². The largest absolute Gasteiger partial charge is 0.369 e. The third kappa shape index (κ3) is 2.78. The van der Waals surface area contributed by atoms with E-state index in [0.717, 1.165) is 0 Å². The molecule has 0 spiro atoms. The third-order valence-electron chi connectivity index (χ3n) is 4.61. The van der Waals surface area contributed by atoms with Crippen molar-refractivity contribution >= 4 is 5.91 Å². The number of amides is 1. The van der Waals surface area contributed by atoms with Gasteiger partial charge in [0.15, 0.2) is 0 Å². The van der Waals surface area contributed by atoms with Crippen molar-refractivity contribution in [1.82, 2.24) is 14.5 Å². The first kappa shape index (κ1) is 17.2. The molecular weight excluding hydrogens is 330 g/mol. The fourth-order valence-corrected chi connectivity index (χ4v) is 3.29. The molecule has 0 bridgehead atoms. The number of hydrogen-bond acceptors (Lipinski definition) is 3. The van der Waals surface area contributed by atoms with Crippen LogP contribution in [0.25, 0.3) is 0 Å². The van der Waals surface area contributed by atoms with E-state index in [1.165, 1.54) is 0 Å². The molecule has 3 rings (SSSR count). The van der Waals surface area contributed by atoms with Crippen LogP contribution in [0, 0.1) is 5.92 Å². The van der Waals surface area contributed by atoms with Crippen LogP contribution in [0.1, 0.15) is 31.7 Å². The highest BCUT2D eigenvalue weighted by atomic mass is 19.3. The summed E-state index contributed by atoms with van der Waals surface area (Å²) < 4.78 is 61.0. The van der Waals surface area contributed by atoms with Gasteiger partial charge in [0.2, 0.25) is 5.91 Å². The van der Waals surface area contributed by atoms with Crippen molar-refractivity contribution in [3.63, 3.8) is 0 Å². The maximum Gasteiger partial charge on any atom is 0.329 e. The minimum absolute atomic E-state index is 0.397. The lowest BCUT2D eigenvalue weighted by Gasteiger charge is -2.33. The van der Waals surface area contributed by atoms with Gasteiger partial charge in [-0.15, -0.1) is 0 Å². The number of alkyl halides is 4. The number of likely N-dealkylation sites (tertiary alicyclic amines) is 1. The number of carbonyl (C=O) groups is 1. The maximum absolute atomic E-state index is 13.4. The first-order chi connectivity index (χ1) is 11.3. The van der Waals surface area contributed by atoms with E-state index in [9.17, 15) is 22.4 Å². The van der Waals surface area contributed by atoms with Crippen molar-refractivity contribution in [3.8, 4) is 0 Å². The molecule has 2 aliphatic heterocycles. The smallest absolute Gasteiger partial charge is 0.329 e. The van der Waals surface area contributed by atoms with Gasteiger partial charge < -0.3 is 14.2 Å². The van der Waals surface area contributed by atoms with Gasteiger partial charge in [-0.2, -0.15) is 17.6 Å². The molecule has 1 aromatic rings. The lowest BCUT2D eigenvalue weighted by atomic mass is 9.92. The predicted molar refractivity (Wildman–Crippen MR) is 75.8 cm³/mol. The molecule has 2 aliphatic rings. The summed E-state index contributed by atoms with van der Waals surface area (Å²) in [6, 6.07) is 0. The minimum Gasteiger partial charge on any atom is -0.369 e. The maximum atomic E-state index is 13.4. The van der Waals surface area contributed by atoms with Crippen LogP contribution in [0.15, 0.2) is 12.4 Å². The molecule has 0 aromatic carbocycles. The molecule has 1 amide bonds. The number of aromatic nitrogens is 2. The second-order valence-electron chi connectivity index (χ2n) is 6.21. The van der Waals surface area contributed by atoms with Gasteiger partial charge in [0, 0.05) is 25.5 Å². The van der Waals surface area contributed by atoms with Crippen molar-refractivity contribution in [3.05, 3.63) is 18.2 Å². The Morgan fingerprint density at radius 3 is 2.62 bits per heavy atom. The fraction of sp³-hybridized carbons (Fsp3) is 0.733. The molecule has 24 heavy (non-hydrogen) atoms. The molecule has 2 atom stereocenters. The van der Waals surface area contributed by atoms with Crippen molar-refractivity contribution in [2.75, 3.05) is 19.7 Å². The van der Waals surface area contributed by atoms with Gasteiger partial charge in [0.1, 0.15) is 11.9 Å². The van der Waals surface area contributed by atoms with E-state index in [0.29, 0.717) is 36.7 Å². The van der Waals surface area contributed by atoms with Crippen LogP contribution in [0.5, 0.6) is 0 Å². The zero-order chi connectivity index (χ0) is 17.5. The zero-order valence-electron chi connectivity index (χ0n) is 13.2. The Morgan fingerprint density at radius 2 is 2.00 bits per heavy atom. The van der Waals surface area contributed by atoms with E-state index in [4.69, 9.17) is 4.74 Å². The van der Waals surface area contributed by atoms with Crippen LogP contribution in [-0.2, 0) is 16.1 Å². The number of aryl methyl sites for hydroxylation is 1. The number of imidazole rings is 1. The molecule has 0 saturated carbocycles. The Labute approximate surface area is 136 Å². The Hall–Kier alpha value is -1.64. The van der Waals surface area contributed by atoms with Crippen LogP contribution in [0.2, 0.25) is 0 Å². The molecule has 5 nitrogen and oxygen atoms in total. The molecule has 134 valence electrons. The standard InChI is InChI=1S/C15H19F4N3O2/c1-2-21-6-5-20-12(21)11-10(4-3-7-24-11)13(23)22-8-14(16,17)15(18,19)9-22/h5-6,10-11H,2-4,7-9H2,1H3/t10-,11-/m1/s1. The normalized spacial score (nSPS) is 29.0. The average Bonchev–Trinajstić information content (AvgIpc) is 3.08. The molecule has 3 heterocycles. The summed E-state index contributed by atoms with van der Waals surface area (Å²) in [7, 11) is 0. The van der Waals surface area contributed by atoms with Gasteiger partial charge in [-0.3, -0.25) is 4.79 Å². The lowest BCUT2D eigenvalue weighted by molar-refractivity contribution is -0.172. The summed E-state index contributed by atoms with van der Waals surface area (Å²) in [6.07, 6.45) is 3.56. The topological polar surface area (TPSA) is 47.4 Å². The molecule has 9 heteroatoms. The second kappa shape index (κ2) is 6.02. The van der Waals surface area contributed by atoms with Crippen LogP contribution in [0.3, 0.4) is 0 Å². The van der Waals surface area contributed by atoms with Gasteiger partial charge in [0.05, 0.1) is 19.0 Å². The van der Waals surface area contributed by atoms with E-state index in [2.05, 4.69) is 4.98 Å². The summed E-state index contributed by atoms with van der Waals surface area (Å²) in [4.78, 5) is 17.4. The summed E-state index contributed by atoms with van der Waals surface area (Å²) in [5.41, 5.74) is 0. The average molecular weight is 349 g/mol. The fourth-order valence-electron chi connectivity index (χ4n) is 3.29. The van der Waals surface area contributed by atoms with Gasteiger partial charge in [-0.1, -0.05) is 0 Å². The quantitative estimate of drug-likeness (QED) is 0.788. The van der Waals surface area contributed by atoms with Gasteiger partial charge >= 0.3 is 11.8 Å². The monoisotopic (exact) mass is 349 g/mol. The predicted octanol–water partition coefficient (Wildman–Crippen LogP) is 2.48. The molecule has 0 unspecified atom stereocenters. The highest BCUT2D eigenvalue weighted by Crippen LogP contribution is 2.43. The third-order valence-corrected chi connectivity index (χ3v) is 4.61. The number of nitrogens with zero attached hydrogens (tertiary/aromatic N) is 3. The van der Waals surface area contributed by atoms with Gasteiger partial charge in [-0.25, -0.2) is 4.98 Å². The first-order valence-electron chi connectivity index (χ1n) is 7.94. The summed E-state index contributed by atoms with van der Waals surface area (Å²) >= 11 is 0. The molecule has 2 fully saturated rings. The Kier molecular flexibility index (Phi) is 4.31.